The Morgan fingerprint density at radius 2 is 1.74 bits per heavy atom. The first kappa shape index (κ1) is 15.5. The van der Waals surface area contributed by atoms with Crippen molar-refractivity contribution in [2.24, 2.45) is 0 Å². The molecule has 106 valence electrons. The van der Waals surface area contributed by atoms with Crippen molar-refractivity contribution in [2.75, 3.05) is 6.54 Å². The number of hydrogen-bond acceptors (Lipinski definition) is 2. The molecule has 1 rings (SSSR count). The number of carboxylic acids is 1. The molecule has 0 aliphatic carbocycles. The van der Waals surface area contributed by atoms with E-state index in [2.05, 4.69) is 5.32 Å². The number of nitrogens with one attached hydrogen (secondary N) is 1. The normalized spacial score (nSPS) is 11.5. The van der Waals surface area contributed by atoms with Gasteiger partial charge >= 0.3 is 12.1 Å². The predicted molar refractivity (Wildman–Crippen MR) is 64.8 cm³/mol. The molecule has 0 atom stereocenters. The molecule has 1 aromatic carbocycles. The zero-order valence-electron chi connectivity index (χ0n) is 10.3. The van der Waals surface area contributed by atoms with Crippen LogP contribution in [0.25, 0.3) is 0 Å². The molecule has 2 N–H and O–H groups in total. The predicted octanol–water partition coefficient (Wildman–Crippen LogP) is 2.75. The summed E-state index contributed by atoms with van der Waals surface area (Å²) in [7, 11) is 0. The van der Waals surface area contributed by atoms with Gasteiger partial charge in [0.25, 0.3) is 0 Å². The van der Waals surface area contributed by atoms with Crippen LogP contribution in [0.1, 0.15) is 24.0 Å². The standard InChI is InChI=1S/C13H16F3NO2/c14-13(15,16)6-1-7-17-9-11-4-2-10(3-5-11)8-12(18)19/h2-5,17H,1,6-9H2,(H,18,19). The molecule has 6 heteroatoms. The number of aliphatic carboxylic acids is 1. The van der Waals surface area contributed by atoms with Gasteiger partial charge in [-0.15, -0.1) is 0 Å². The molecule has 0 unspecified atom stereocenters. The summed E-state index contributed by atoms with van der Waals surface area (Å²) in [5.41, 5.74) is 1.62. The molecule has 1 aromatic rings. The smallest absolute Gasteiger partial charge is 0.389 e. The highest BCUT2D eigenvalue weighted by Crippen LogP contribution is 2.20. The second-order valence-corrected chi connectivity index (χ2v) is 4.28. The van der Waals surface area contributed by atoms with E-state index in [1.165, 1.54) is 0 Å². The lowest BCUT2D eigenvalue weighted by Gasteiger charge is -2.07. The Hall–Kier alpha value is -1.56. The number of rotatable bonds is 7. The molecule has 0 aliphatic rings. The molecule has 0 fully saturated rings. The SMILES string of the molecule is O=C(O)Cc1ccc(CNCCCC(F)(F)F)cc1. The summed E-state index contributed by atoms with van der Waals surface area (Å²) in [5, 5.41) is 11.5. The Bertz CT molecular complexity index is 401. The summed E-state index contributed by atoms with van der Waals surface area (Å²) in [6.07, 6.45) is -4.85. The van der Waals surface area contributed by atoms with Crippen LogP contribution in [0, 0.1) is 0 Å². The van der Waals surface area contributed by atoms with Gasteiger partial charge < -0.3 is 10.4 Å². The van der Waals surface area contributed by atoms with Crippen molar-refractivity contribution in [3.8, 4) is 0 Å². The largest absolute Gasteiger partial charge is 0.481 e. The fraction of sp³-hybridized carbons (Fsp3) is 0.462. The first-order valence-corrected chi connectivity index (χ1v) is 5.94. The topological polar surface area (TPSA) is 49.3 Å². The Balaban J connectivity index is 2.25. The average molecular weight is 275 g/mol. The third-order valence-electron chi connectivity index (χ3n) is 2.52. The fourth-order valence-corrected chi connectivity index (χ4v) is 1.60. The van der Waals surface area contributed by atoms with Gasteiger partial charge in [0.2, 0.25) is 0 Å². The minimum atomic E-state index is -4.10. The molecule has 0 spiro atoms. The van der Waals surface area contributed by atoms with Crippen molar-refractivity contribution in [1.82, 2.24) is 5.32 Å². The molecule has 0 amide bonds. The summed E-state index contributed by atoms with van der Waals surface area (Å²) in [6.45, 7) is 0.779. The van der Waals surface area contributed by atoms with E-state index in [1.54, 1.807) is 24.3 Å². The van der Waals surface area contributed by atoms with E-state index in [0.717, 1.165) is 5.56 Å². The van der Waals surface area contributed by atoms with Crippen LogP contribution >= 0.6 is 0 Å². The first-order chi connectivity index (χ1) is 8.87. The van der Waals surface area contributed by atoms with Gasteiger partial charge in [-0.25, -0.2) is 0 Å². The van der Waals surface area contributed by atoms with Crippen LogP contribution in [0.4, 0.5) is 13.2 Å². The van der Waals surface area contributed by atoms with Crippen molar-refractivity contribution in [1.29, 1.82) is 0 Å². The van der Waals surface area contributed by atoms with Gasteiger partial charge in [-0.05, 0) is 24.1 Å². The molecule has 0 heterocycles. The zero-order chi connectivity index (χ0) is 14.3. The molecular formula is C13H16F3NO2. The minimum absolute atomic E-state index is 0.0285. The van der Waals surface area contributed by atoms with E-state index in [4.69, 9.17) is 5.11 Å². The average Bonchev–Trinajstić information content (AvgIpc) is 2.28. The highest BCUT2D eigenvalue weighted by atomic mass is 19.4. The third kappa shape index (κ3) is 7.46. The number of carboxylic acid groups (broad SMARTS) is 1. The van der Waals surface area contributed by atoms with Gasteiger partial charge in [-0.3, -0.25) is 4.79 Å². The molecule has 19 heavy (non-hydrogen) atoms. The number of hydrogen-bond donors (Lipinski definition) is 2. The summed E-state index contributed by atoms with van der Waals surface area (Å²) < 4.78 is 35.6. The van der Waals surface area contributed by atoms with E-state index in [1.807, 2.05) is 0 Å². The molecule has 0 radical (unpaired) electrons. The summed E-state index contributed by atoms with van der Waals surface area (Å²) in [4.78, 5) is 10.5. The lowest BCUT2D eigenvalue weighted by atomic mass is 10.1. The van der Waals surface area contributed by atoms with Crippen LogP contribution in [0.2, 0.25) is 0 Å². The van der Waals surface area contributed by atoms with Crippen molar-refractivity contribution in [2.45, 2.75) is 32.0 Å². The van der Waals surface area contributed by atoms with E-state index < -0.39 is 18.6 Å². The van der Waals surface area contributed by atoms with Crippen molar-refractivity contribution in [3.63, 3.8) is 0 Å². The van der Waals surface area contributed by atoms with Gasteiger partial charge in [0.1, 0.15) is 0 Å². The summed E-state index contributed by atoms with van der Waals surface area (Å²) in [6, 6.07) is 6.96. The summed E-state index contributed by atoms with van der Waals surface area (Å²) >= 11 is 0. The van der Waals surface area contributed by atoms with Crippen molar-refractivity contribution in [3.05, 3.63) is 35.4 Å². The van der Waals surface area contributed by atoms with Crippen molar-refractivity contribution >= 4 is 5.97 Å². The lowest BCUT2D eigenvalue weighted by Crippen LogP contribution is -2.17. The van der Waals surface area contributed by atoms with Crippen LogP contribution in [0.15, 0.2) is 24.3 Å². The number of alkyl halides is 3. The van der Waals surface area contributed by atoms with Gasteiger partial charge in [-0.1, -0.05) is 24.3 Å². The van der Waals surface area contributed by atoms with Gasteiger partial charge in [0.15, 0.2) is 0 Å². The summed E-state index contributed by atoms with van der Waals surface area (Å²) in [5.74, 6) is -0.891. The lowest BCUT2D eigenvalue weighted by molar-refractivity contribution is -0.136. The third-order valence-corrected chi connectivity index (χ3v) is 2.52. The van der Waals surface area contributed by atoms with Crippen LogP contribution in [0.5, 0.6) is 0 Å². The van der Waals surface area contributed by atoms with E-state index >= 15 is 0 Å². The molecule has 0 saturated carbocycles. The highest BCUT2D eigenvalue weighted by Gasteiger charge is 2.25. The number of halogens is 3. The molecule has 0 saturated heterocycles. The zero-order valence-corrected chi connectivity index (χ0v) is 10.3. The quantitative estimate of drug-likeness (QED) is 0.752. The maximum Gasteiger partial charge on any atom is 0.389 e. The Labute approximate surface area is 109 Å². The Kier molecular flexibility index (Phi) is 5.82. The van der Waals surface area contributed by atoms with Gasteiger partial charge in [0, 0.05) is 13.0 Å². The number of benzene rings is 1. The van der Waals surface area contributed by atoms with Crippen molar-refractivity contribution < 1.29 is 23.1 Å². The van der Waals surface area contributed by atoms with Crippen LogP contribution in [-0.2, 0) is 17.8 Å². The first-order valence-electron chi connectivity index (χ1n) is 5.94. The van der Waals surface area contributed by atoms with Crippen LogP contribution in [0.3, 0.4) is 0 Å². The molecule has 0 bridgehead atoms. The minimum Gasteiger partial charge on any atom is -0.481 e. The Morgan fingerprint density at radius 1 is 1.16 bits per heavy atom. The van der Waals surface area contributed by atoms with E-state index in [0.29, 0.717) is 18.7 Å². The maximum absolute atomic E-state index is 11.9. The fourth-order valence-electron chi connectivity index (χ4n) is 1.60. The van der Waals surface area contributed by atoms with Gasteiger partial charge in [-0.2, -0.15) is 13.2 Å². The molecule has 3 nitrogen and oxygen atoms in total. The number of carbonyl (C=O) groups is 1. The Morgan fingerprint density at radius 3 is 2.26 bits per heavy atom. The molecule has 0 aliphatic heterocycles. The van der Waals surface area contributed by atoms with E-state index in [9.17, 15) is 18.0 Å². The maximum atomic E-state index is 11.9. The molecular weight excluding hydrogens is 259 g/mol. The van der Waals surface area contributed by atoms with E-state index in [-0.39, 0.29) is 12.8 Å². The van der Waals surface area contributed by atoms with Gasteiger partial charge in [0.05, 0.1) is 6.42 Å². The monoisotopic (exact) mass is 275 g/mol. The molecule has 0 aromatic heterocycles. The van der Waals surface area contributed by atoms with Crippen LogP contribution < -0.4 is 5.32 Å². The second-order valence-electron chi connectivity index (χ2n) is 4.28. The van der Waals surface area contributed by atoms with Crippen LogP contribution in [-0.4, -0.2) is 23.8 Å². The highest BCUT2D eigenvalue weighted by molar-refractivity contribution is 5.70. The second kappa shape index (κ2) is 7.13.